The molecule has 4 heteroatoms. The lowest BCUT2D eigenvalue weighted by Gasteiger charge is -2.26. The van der Waals surface area contributed by atoms with E-state index in [9.17, 15) is 0 Å². The molecule has 0 fully saturated rings. The minimum absolute atomic E-state index is 0.156. The van der Waals surface area contributed by atoms with Crippen molar-refractivity contribution in [2.45, 2.75) is 32.4 Å². The van der Waals surface area contributed by atoms with Crippen LogP contribution in [0.1, 0.15) is 31.0 Å². The van der Waals surface area contributed by atoms with Gasteiger partial charge in [-0.25, -0.2) is 4.98 Å². The zero-order chi connectivity index (χ0) is 15.4. The lowest BCUT2D eigenvalue weighted by molar-refractivity contribution is 0.720. The molecule has 3 nitrogen and oxygen atoms in total. The van der Waals surface area contributed by atoms with Gasteiger partial charge in [0.05, 0.1) is 6.04 Å². The van der Waals surface area contributed by atoms with Crippen molar-refractivity contribution in [1.82, 2.24) is 4.98 Å². The lowest BCUT2D eigenvalue weighted by Crippen LogP contribution is -2.23. The van der Waals surface area contributed by atoms with Gasteiger partial charge in [0.15, 0.2) is 0 Å². The van der Waals surface area contributed by atoms with Crippen LogP contribution in [0.25, 0.3) is 0 Å². The molecule has 0 saturated carbocycles. The molecule has 2 atom stereocenters. The molecule has 2 rings (SSSR count). The van der Waals surface area contributed by atoms with Crippen LogP contribution in [0.4, 0.5) is 5.82 Å². The van der Waals surface area contributed by atoms with Crippen LogP contribution in [0.2, 0.25) is 5.02 Å². The number of benzene rings is 1. The number of aromatic nitrogens is 1. The normalized spacial score (nSPS) is 13.8. The van der Waals surface area contributed by atoms with E-state index >= 15 is 0 Å². The zero-order valence-electron chi connectivity index (χ0n) is 12.8. The second-order valence-corrected chi connectivity index (χ2v) is 5.98. The number of nitrogens with zero attached hydrogens (tertiary/aromatic N) is 2. The van der Waals surface area contributed by atoms with Gasteiger partial charge in [0.25, 0.3) is 0 Å². The molecule has 2 unspecified atom stereocenters. The van der Waals surface area contributed by atoms with E-state index < -0.39 is 0 Å². The van der Waals surface area contributed by atoms with E-state index in [0.717, 1.165) is 17.3 Å². The fourth-order valence-electron chi connectivity index (χ4n) is 2.28. The Balaban J connectivity index is 2.11. The van der Waals surface area contributed by atoms with E-state index in [2.05, 4.69) is 22.9 Å². The Morgan fingerprint density at radius 2 is 1.81 bits per heavy atom. The number of hydrogen-bond donors (Lipinski definition) is 1. The van der Waals surface area contributed by atoms with E-state index in [0.29, 0.717) is 0 Å². The van der Waals surface area contributed by atoms with Crippen molar-refractivity contribution in [2.24, 2.45) is 5.73 Å². The van der Waals surface area contributed by atoms with Crippen molar-refractivity contribution in [1.29, 1.82) is 0 Å². The molecule has 0 saturated heterocycles. The highest BCUT2D eigenvalue weighted by atomic mass is 35.5. The average Bonchev–Trinajstić information content (AvgIpc) is 2.47. The van der Waals surface area contributed by atoms with Crippen molar-refractivity contribution in [3.8, 4) is 0 Å². The maximum atomic E-state index is 5.94. The predicted octanol–water partition coefficient (Wildman–Crippen LogP) is 3.82. The maximum Gasteiger partial charge on any atom is 0.128 e. The van der Waals surface area contributed by atoms with Crippen LogP contribution in [0, 0.1) is 0 Å². The quantitative estimate of drug-likeness (QED) is 0.913. The number of nitrogens with two attached hydrogens (primary N) is 1. The molecule has 1 aromatic heterocycles. The predicted molar refractivity (Wildman–Crippen MR) is 89.9 cm³/mol. The third kappa shape index (κ3) is 4.19. The summed E-state index contributed by atoms with van der Waals surface area (Å²) >= 11 is 5.94. The van der Waals surface area contributed by atoms with Gasteiger partial charge >= 0.3 is 0 Å². The van der Waals surface area contributed by atoms with E-state index in [4.69, 9.17) is 17.3 Å². The molecule has 1 heterocycles. The standard InChI is InChI=1S/C17H22ClN3/c1-12(19)10-14-4-9-17(20-11-14)21(3)13(2)15-5-7-16(18)8-6-15/h4-9,11-13H,10,19H2,1-3H3. The van der Waals surface area contributed by atoms with Crippen molar-refractivity contribution in [2.75, 3.05) is 11.9 Å². The van der Waals surface area contributed by atoms with Crippen LogP contribution in [0.5, 0.6) is 0 Å². The van der Waals surface area contributed by atoms with Gasteiger partial charge in [0.2, 0.25) is 0 Å². The lowest BCUT2D eigenvalue weighted by atomic mass is 10.1. The number of pyridine rings is 1. The Hall–Kier alpha value is -1.58. The van der Waals surface area contributed by atoms with Crippen LogP contribution in [0.15, 0.2) is 42.6 Å². The van der Waals surface area contributed by atoms with E-state index in [1.165, 1.54) is 11.1 Å². The van der Waals surface area contributed by atoms with Gasteiger partial charge < -0.3 is 10.6 Å². The first-order valence-electron chi connectivity index (χ1n) is 7.16. The molecule has 0 aliphatic heterocycles. The molecule has 1 aromatic carbocycles. The van der Waals surface area contributed by atoms with Crippen LogP contribution in [-0.2, 0) is 6.42 Å². The summed E-state index contributed by atoms with van der Waals surface area (Å²) in [5.41, 5.74) is 8.19. The van der Waals surface area contributed by atoms with Gasteiger partial charge in [-0.05, 0) is 49.6 Å². The fraction of sp³-hybridized carbons (Fsp3) is 0.353. The molecule has 0 radical (unpaired) electrons. The fourth-order valence-corrected chi connectivity index (χ4v) is 2.41. The summed E-state index contributed by atoms with van der Waals surface area (Å²) < 4.78 is 0. The Labute approximate surface area is 131 Å². The molecule has 0 amide bonds. The van der Waals surface area contributed by atoms with Gasteiger partial charge in [0.1, 0.15) is 5.82 Å². The Bertz CT molecular complexity index is 564. The van der Waals surface area contributed by atoms with Crippen LogP contribution in [0.3, 0.4) is 0 Å². The van der Waals surface area contributed by atoms with Crippen LogP contribution in [-0.4, -0.2) is 18.1 Å². The second-order valence-electron chi connectivity index (χ2n) is 5.54. The molecular formula is C17H22ClN3. The second kappa shape index (κ2) is 6.92. The maximum absolute atomic E-state index is 5.94. The van der Waals surface area contributed by atoms with Gasteiger partial charge in [-0.1, -0.05) is 29.8 Å². The number of rotatable bonds is 5. The minimum atomic E-state index is 0.156. The third-order valence-electron chi connectivity index (χ3n) is 3.66. The molecule has 0 bridgehead atoms. The molecular weight excluding hydrogens is 282 g/mol. The van der Waals surface area contributed by atoms with Gasteiger partial charge in [-0.2, -0.15) is 0 Å². The van der Waals surface area contributed by atoms with Crippen LogP contribution >= 0.6 is 11.6 Å². The summed E-state index contributed by atoms with van der Waals surface area (Å²) in [6, 6.07) is 12.5. The molecule has 112 valence electrons. The van der Waals surface area contributed by atoms with Crippen molar-refractivity contribution in [3.05, 3.63) is 58.7 Å². The summed E-state index contributed by atoms with van der Waals surface area (Å²) in [5.74, 6) is 0.950. The average molecular weight is 304 g/mol. The van der Waals surface area contributed by atoms with Crippen molar-refractivity contribution >= 4 is 17.4 Å². The topological polar surface area (TPSA) is 42.1 Å². The zero-order valence-corrected chi connectivity index (χ0v) is 13.5. The number of halogens is 1. The monoisotopic (exact) mass is 303 g/mol. The smallest absolute Gasteiger partial charge is 0.128 e. The summed E-state index contributed by atoms with van der Waals surface area (Å²) in [5, 5.41) is 0.756. The number of hydrogen-bond acceptors (Lipinski definition) is 3. The summed E-state index contributed by atoms with van der Waals surface area (Å²) in [4.78, 5) is 6.69. The third-order valence-corrected chi connectivity index (χ3v) is 3.91. The highest BCUT2D eigenvalue weighted by Crippen LogP contribution is 2.24. The molecule has 0 spiro atoms. The van der Waals surface area contributed by atoms with Gasteiger partial charge in [0, 0.05) is 24.3 Å². The van der Waals surface area contributed by atoms with Gasteiger partial charge in [-0.15, -0.1) is 0 Å². The molecule has 0 aliphatic carbocycles. The number of anilines is 1. The summed E-state index contributed by atoms with van der Waals surface area (Å²) in [6.45, 7) is 4.16. The highest BCUT2D eigenvalue weighted by molar-refractivity contribution is 6.30. The first-order chi connectivity index (χ1) is 9.97. The van der Waals surface area contributed by atoms with Crippen molar-refractivity contribution in [3.63, 3.8) is 0 Å². The Kier molecular flexibility index (Phi) is 5.21. The van der Waals surface area contributed by atoms with E-state index in [1.807, 2.05) is 50.5 Å². The highest BCUT2D eigenvalue weighted by Gasteiger charge is 2.13. The molecule has 21 heavy (non-hydrogen) atoms. The van der Waals surface area contributed by atoms with Crippen LogP contribution < -0.4 is 10.6 Å². The molecule has 0 aliphatic rings. The first-order valence-corrected chi connectivity index (χ1v) is 7.54. The van der Waals surface area contributed by atoms with E-state index in [-0.39, 0.29) is 12.1 Å². The first kappa shape index (κ1) is 15.8. The Morgan fingerprint density at radius 3 is 2.33 bits per heavy atom. The largest absolute Gasteiger partial charge is 0.353 e. The van der Waals surface area contributed by atoms with Gasteiger partial charge in [-0.3, -0.25) is 0 Å². The van der Waals surface area contributed by atoms with E-state index in [1.54, 1.807) is 0 Å². The summed E-state index contributed by atoms with van der Waals surface area (Å²) in [6.07, 6.45) is 2.76. The minimum Gasteiger partial charge on any atom is -0.353 e. The molecule has 2 N–H and O–H groups in total. The SMILES string of the molecule is CC(N)Cc1ccc(N(C)C(C)c2ccc(Cl)cc2)nc1. The summed E-state index contributed by atoms with van der Waals surface area (Å²) in [7, 11) is 2.05. The molecule has 2 aromatic rings. The Morgan fingerprint density at radius 1 is 1.14 bits per heavy atom. The van der Waals surface area contributed by atoms with Crippen molar-refractivity contribution < 1.29 is 0 Å².